The number of nitrogens with zero attached hydrogens (tertiary/aromatic N) is 2. The zero-order valence-corrected chi connectivity index (χ0v) is 24.2. The summed E-state index contributed by atoms with van der Waals surface area (Å²) in [5.74, 6) is -2.94. The van der Waals surface area contributed by atoms with Crippen molar-refractivity contribution < 1.29 is 33.4 Å². The standard InChI is InChI=1S/C33H27FN2O6S/c1-4-16-41-32(40)30-20(3)35-33(43-30)36-27(22-8-12-24(34)13-9-22)26(29(38)31(36)39)28(37)23-10-14-25(15-11-23)42-18-21-7-5-6-19(2)17-21/h4-15,17,27,37H,1,16,18H2,2-3H3/b28-26+. The third-order valence-corrected chi connectivity index (χ3v) is 7.89. The van der Waals surface area contributed by atoms with Crippen LogP contribution in [0.2, 0.25) is 0 Å². The van der Waals surface area contributed by atoms with E-state index in [0.717, 1.165) is 27.4 Å². The molecule has 1 unspecified atom stereocenters. The molecule has 1 aliphatic rings. The van der Waals surface area contributed by atoms with Crippen molar-refractivity contribution in [3.63, 3.8) is 0 Å². The van der Waals surface area contributed by atoms with Crippen LogP contribution in [0.3, 0.4) is 0 Å². The molecule has 5 rings (SSSR count). The first-order chi connectivity index (χ1) is 20.7. The summed E-state index contributed by atoms with van der Waals surface area (Å²) < 4.78 is 24.8. The number of hydrogen-bond acceptors (Lipinski definition) is 8. The van der Waals surface area contributed by atoms with Crippen LogP contribution in [-0.2, 0) is 20.9 Å². The molecule has 8 nitrogen and oxygen atoms in total. The topological polar surface area (TPSA) is 106 Å². The number of carbonyl (C=O) groups is 3. The third kappa shape index (κ3) is 6.09. The van der Waals surface area contributed by atoms with Crippen LogP contribution in [0, 0.1) is 19.7 Å². The van der Waals surface area contributed by atoms with E-state index in [1.165, 1.54) is 30.3 Å². The number of carbonyl (C=O) groups excluding carboxylic acids is 3. The summed E-state index contributed by atoms with van der Waals surface area (Å²) in [4.78, 5) is 45.1. The summed E-state index contributed by atoms with van der Waals surface area (Å²) in [6, 6.07) is 18.5. The molecule has 3 aromatic carbocycles. The molecular formula is C33H27FN2O6S. The van der Waals surface area contributed by atoms with E-state index in [1.807, 2.05) is 31.2 Å². The van der Waals surface area contributed by atoms with Crippen molar-refractivity contribution in [2.75, 3.05) is 11.5 Å². The number of benzene rings is 3. The first-order valence-electron chi connectivity index (χ1n) is 13.3. The Morgan fingerprint density at radius 3 is 2.49 bits per heavy atom. The Labute approximate surface area is 251 Å². The Bertz CT molecular complexity index is 1740. The summed E-state index contributed by atoms with van der Waals surface area (Å²) >= 11 is 0.877. The van der Waals surface area contributed by atoms with E-state index >= 15 is 0 Å². The highest BCUT2D eigenvalue weighted by Crippen LogP contribution is 2.44. The second-order valence-electron chi connectivity index (χ2n) is 9.82. The Hall–Kier alpha value is -5.09. The number of Topliss-reactive ketones (excluding diaryl/α,β-unsaturated/α-hetero) is 1. The van der Waals surface area contributed by atoms with Gasteiger partial charge in [-0.3, -0.25) is 14.5 Å². The van der Waals surface area contributed by atoms with E-state index in [1.54, 1.807) is 31.2 Å². The predicted octanol–water partition coefficient (Wildman–Crippen LogP) is 6.45. The Morgan fingerprint density at radius 1 is 1.09 bits per heavy atom. The van der Waals surface area contributed by atoms with E-state index in [-0.39, 0.29) is 27.8 Å². The molecule has 0 bridgehead atoms. The highest BCUT2D eigenvalue weighted by atomic mass is 32.1. The van der Waals surface area contributed by atoms with Gasteiger partial charge < -0.3 is 14.6 Å². The van der Waals surface area contributed by atoms with Crippen LogP contribution in [0.4, 0.5) is 9.52 Å². The van der Waals surface area contributed by atoms with E-state index in [4.69, 9.17) is 9.47 Å². The van der Waals surface area contributed by atoms with Crippen molar-refractivity contribution in [2.45, 2.75) is 26.5 Å². The number of aryl methyl sites for hydroxylation is 2. The zero-order valence-electron chi connectivity index (χ0n) is 23.4. The van der Waals surface area contributed by atoms with Crippen LogP contribution >= 0.6 is 11.3 Å². The van der Waals surface area contributed by atoms with Gasteiger partial charge in [-0.15, -0.1) is 0 Å². The minimum atomic E-state index is -1.14. The third-order valence-electron chi connectivity index (χ3n) is 6.75. The molecule has 1 amide bonds. The molecule has 2 heterocycles. The summed E-state index contributed by atoms with van der Waals surface area (Å²) in [6.07, 6.45) is 1.42. The van der Waals surface area contributed by atoms with Gasteiger partial charge in [0.2, 0.25) is 0 Å². The highest BCUT2D eigenvalue weighted by molar-refractivity contribution is 7.17. The maximum atomic E-state index is 13.9. The van der Waals surface area contributed by atoms with Gasteiger partial charge in [0.1, 0.15) is 35.4 Å². The van der Waals surface area contributed by atoms with Crippen LogP contribution in [0.15, 0.2) is 91.0 Å². The number of amides is 1. The van der Waals surface area contributed by atoms with Crippen LogP contribution < -0.4 is 9.64 Å². The summed E-state index contributed by atoms with van der Waals surface area (Å²) in [7, 11) is 0. The lowest BCUT2D eigenvalue weighted by Crippen LogP contribution is -2.29. The Balaban J connectivity index is 1.51. The van der Waals surface area contributed by atoms with Crippen molar-refractivity contribution in [3.8, 4) is 5.75 Å². The fourth-order valence-corrected chi connectivity index (χ4v) is 5.69. The van der Waals surface area contributed by atoms with Crippen LogP contribution in [0.1, 0.15) is 43.7 Å². The molecule has 1 atom stereocenters. The average molecular weight is 599 g/mol. The Kier molecular flexibility index (Phi) is 8.49. The number of hydrogen-bond donors (Lipinski definition) is 1. The number of ketones is 1. The number of rotatable bonds is 9. The minimum Gasteiger partial charge on any atom is -0.507 e. The van der Waals surface area contributed by atoms with E-state index < -0.39 is 35.3 Å². The van der Waals surface area contributed by atoms with Gasteiger partial charge in [0.25, 0.3) is 5.78 Å². The smallest absolute Gasteiger partial charge is 0.350 e. The molecule has 0 aliphatic carbocycles. The van der Waals surface area contributed by atoms with Crippen LogP contribution in [0.25, 0.3) is 5.76 Å². The lowest BCUT2D eigenvalue weighted by atomic mass is 9.95. The molecule has 1 aliphatic heterocycles. The second-order valence-corrected chi connectivity index (χ2v) is 10.8. The molecule has 0 saturated carbocycles. The number of ether oxygens (including phenoxy) is 2. The first-order valence-corrected chi connectivity index (χ1v) is 14.1. The maximum absolute atomic E-state index is 13.9. The van der Waals surface area contributed by atoms with Gasteiger partial charge in [-0.1, -0.05) is 66.0 Å². The molecule has 1 saturated heterocycles. The average Bonchev–Trinajstić information content (AvgIpc) is 3.51. The molecular weight excluding hydrogens is 571 g/mol. The molecule has 1 N–H and O–H groups in total. The van der Waals surface area contributed by atoms with Crippen molar-refractivity contribution in [1.82, 2.24) is 4.98 Å². The van der Waals surface area contributed by atoms with Crippen molar-refractivity contribution in [1.29, 1.82) is 0 Å². The number of anilines is 1. The fraction of sp³-hybridized carbons (Fsp3) is 0.152. The van der Waals surface area contributed by atoms with E-state index in [0.29, 0.717) is 23.6 Å². The maximum Gasteiger partial charge on any atom is 0.350 e. The number of thiazole rings is 1. The number of aliphatic hydroxyl groups excluding tert-OH is 1. The van der Waals surface area contributed by atoms with Gasteiger partial charge in [-0.05, 0) is 61.4 Å². The number of aliphatic hydroxyl groups is 1. The summed E-state index contributed by atoms with van der Waals surface area (Å²) in [5, 5.41) is 11.5. The monoisotopic (exact) mass is 598 g/mol. The van der Waals surface area contributed by atoms with E-state index in [9.17, 15) is 23.9 Å². The molecule has 0 radical (unpaired) electrons. The molecule has 218 valence electrons. The summed E-state index contributed by atoms with van der Waals surface area (Å²) in [6.45, 7) is 7.43. The molecule has 43 heavy (non-hydrogen) atoms. The van der Waals surface area contributed by atoms with Gasteiger partial charge in [0.05, 0.1) is 17.3 Å². The SMILES string of the molecule is C=CCOC(=O)c1sc(N2C(=O)C(=O)/C(=C(/O)c3ccc(OCc4cccc(C)c4)cc3)C2c2ccc(F)cc2)nc1C. The van der Waals surface area contributed by atoms with Gasteiger partial charge >= 0.3 is 11.9 Å². The minimum absolute atomic E-state index is 0.0125. The number of esters is 1. The highest BCUT2D eigenvalue weighted by Gasteiger charge is 2.48. The molecule has 10 heteroatoms. The van der Waals surface area contributed by atoms with Gasteiger partial charge in [0, 0.05) is 5.56 Å². The second kappa shape index (κ2) is 12.4. The number of aromatic nitrogens is 1. The molecule has 0 spiro atoms. The number of halogens is 1. The quantitative estimate of drug-likeness (QED) is 0.0776. The molecule has 1 fully saturated rings. The zero-order chi connectivity index (χ0) is 30.7. The van der Waals surface area contributed by atoms with Crippen molar-refractivity contribution >= 4 is 39.9 Å². The fourth-order valence-electron chi connectivity index (χ4n) is 4.70. The predicted molar refractivity (Wildman–Crippen MR) is 160 cm³/mol. The van der Waals surface area contributed by atoms with Crippen molar-refractivity contribution in [2.24, 2.45) is 0 Å². The molecule has 4 aromatic rings. The van der Waals surface area contributed by atoms with Gasteiger partial charge in [-0.2, -0.15) is 0 Å². The van der Waals surface area contributed by atoms with Gasteiger partial charge in [0.15, 0.2) is 5.13 Å². The van der Waals surface area contributed by atoms with Crippen LogP contribution in [-0.4, -0.2) is 34.4 Å². The molecule has 1 aromatic heterocycles. The lowest BCUT2D eigenvalue weighted by molar-refractivity contribution is -0.132. The normalized spacial score (nSPS) is 15.9. The Morgan fingerprint density at radius 2 is 1.81 bits per heavy atom. The summed E-state index contributed by atoms with van der Waals surface area (Å²) in [5.41, 5.74) is 2.86. The largest absolute Gasteiger partial charge is 0.507 e. The van der Waals surface area contributed by atoms with Crippen LogP contribution in [0.5, 0.6) is 5.75 Å². The lowest BCUT2D eigenvalue weighted by Gasteiger charge is -2.23. The van der Waals surface area contributed by atoms with Crippen molar-refractivity contribution in [3.05, 3.63) is 130 Å². The van der Waals surface area contributed by atoms with Gasteiger partial charge in [-0.25, -0.2) is 14.2 Å². The van der Waals surface area contributed by atoms with E-state index in [2.05, 4.69) is 11.6 Å². The first kappa shape index (κ1) is 29.4.